The number of anilines is 1. The van der Waals surface area contributed by atoms with Gasteiger partial charge in [0.25, 0.3) is 0 Å². The summed E-state index contributed by atoms with van der Waals surface area (Å²) in [6.45, 7) is -0.295. The van der Waals surface area contributed by atoms with Crippen LogP contribution in [0.3, 0.4) is 0 Å². The summed E-state index contributed by atoms with van der Waals surface area (Å²) in [5.74, 6) is -2.03. The van der Waals surface area contributed by atoms with Crippen molar-refractivity contribution in [2.75, 3.05) is 4.90 Å². The van der Waals surface area contributed by atoms with Crippen LogP contribution in [0.5, 0.6) is 0 Å². The molecule has 0 N–H and O–H groups in total. The molecule has 2 aromatic rings. The van der Waals surface area contributed by atoms with E-state index >= 15 is 0 Å². The molecule has 1 amide bonds. The summed E-state index contributed by atoms with van der Waals surface area (Å²) in [7, 11) is 0. The minimum Gasteiger partial charge on any atom is -0.444 e. The van der Waals surface area contributed by atoms with Crippen LogP contribution in [0.2, 0.25) is 0 Å². The molecule has 0 spiro atoms. The highest BCUT2D eigenvalue weighted by Gasteiger charge is 2.50. The van der Waals surface area contributed by atoms with Gasteiger partial charge in [0.1, 0.15) is 24.3 Å². The van der Waals surface area contributed by atoms with Crippen LogP contribution in [0.25, 0.3) is 0 Å². The summed E-state index contributed by atoms with van der Waals surface area (Å²) in [5, 5.41) is 0. The van der Waals surface area contributed by atoms with E-state index in [0.717, 1.165) is 0 Å². The van der Waals surface area contributed by atoms with Crippen molar-refractivity contribution in [1.29, 1.82) is 0 Å². The third kappa shape index (κ3) is 3.92. The van der Waals surface area contributed by atoms with Gasteiger partial charge >= 0.3 is 12.3 Å². The van der Waals surface area contributed by atoms with Crippen LogP contribution in [0.1, 0.15) is 17.5 Å². The van der Waals surface area contributed by atoms with Gasteiger partial charge in [-0.15, -0.1) is 0 Å². The summed E-state index contributed by atoms with van der Waals surface area (Å²) < 4.78 is 73.8. The number of ether oxygens (including phenoxy) is 1. The molecule has 9 heteroatoms. The predicted molar refractivity (Wildman–Crippen MR) is 91.3 cm³/mol. The number of benzene rings is 2. The molecule has 27 heavy (non-hydrogen) atoms. The lowest BCUT2D eigenvalue weighted by Gasteiger charge is -2.37. The van der Waals surface area contributed by atoms with Gasteiger partial charge in [-0.05, 0) is 40.4 Å². The number of carbonyl (C=O) groups is 1. The summed E-state index contributed by atoms with van der Waals surface area (Å²) in [6, 6.07) is 6.70. The highest BCUT2D eigenvalue weighted by Crippen LogP contribution is 2.42. The summed E-state index contributed by atoms with van der Waals surface area (Å²) in [5.41, 5.74) is -0.476. The maximum Gasteiger partial charge on any atom is 0.415 e. The zero-order chi connectivity index (χ0) is 19.8. The molecule has 0 radical (unpaired) electrons. The number of hydrogen-bond donors (Lipinski definition) is 0. The van der Waals surface area contributed by atoms with Gasteiger partial charge in [-0.2, -0.15) is 13.2 Å². The van der Waals surface area contributed by atoms with Crippen LogP contribution in [-0.2, 0) is 17.8 Å². The summed E-state index contributed by atoms with van der Waals surface area (Å²) >= 11 is 2.83. The van der Waals surface area contributed by atoms with E-state index in [1.54, 1.807) is 30.3 Å². The summed E-state index contributed by atoms with van der Waals surface area (Å²) in [4.78, 5) is 12.6. The van der Waals surface area contributed by atoms with Gasteiger partial charge in [0.2, 0.25) is 0 Å². The average Bonchev–Trinajstić information content (AvgIpc) is 2.63. The Bertz CT molecular complexity index is 857. The van der Waals surface area contributed by atoms with Gasteiger partial charge in [0.05, 0.1) is 10.2 Å². The molecule has 1 heterocycles. The number of fused-ring (bicyclic) bond motifs is 1. The maximum atomic E-state index is 14.4. The molecule has 144 valence electrons. The number of amides is 1. The molecule has 0 saturated carbocycles. The van der Waals surface area contributed by atoms with Gasteiger partial charge in [0, 0.05) is 5.56 Å². The fourth-order valence-electron chi connectivity index (χ4n) is 3.01. The minimum absolute atomic E-state index is 0.173. The van der Waals surface area contributed by atoms with Gasteiger partial charge in [-0.1, -0.05) is 30.3 Å². The number of hydrogen-bond acceptors (Lipinski definition) is 2. The van der Waals surface area contributed by atoms with E-state index in [4.69, 9.17) is 4.74 Å². The molecule has 1 atom stereocenters. The van der Waals surface area contributed by atoms with Crippen LogP contribution in [0.4, 0.5) is 32.4 Å². The SMILES string of the molecule is O=C(OCc1ccccc1)N1c2c(F)cc(Br)c(F)c2CCC1C(F)(F)F. The van der Waals surface area contributed by atoms with Gasteiger partial charge in [-0.3, -0.25) is 4.90 Å². The first-order valence-corrected chi connectivity index (χ1v) is 8.72. The van der Waals surface area contributed by atoms with E-state index in [9.17, 15) is 26.7 Å². The van der Waals surface area contributed by atoms with Crippen molar-refractivity contribution in [3.63, 3.8) is 0 Å². The fraction of sp³-hybridized carbons (Fsp3) is 0.278. The monoisotopic (exact) mass is 449 g/mol. The normalized spacial score (nSPS) is 16.8. The molecule has 0 bridgehead atoms. The molecule has 3 nitrogen and oxygen atoms in total. The highest BCUT2D eigenvalue weighted by molar-refractivity contribution is 9.10. The Morgan fingerprint density at radius 3 is 2.52 bits per heavy atom. The zero-order valence-corrected chi connectivity index (χ0v) is 15.3. The number of alkyl halides is 3. The molecule has 3 rings (SSSR count). The molecule has 1 aliphatic heterocycles. The molecule has 1 unspecified atom stereocenters. The van der Waals surface area contributed by atoms with Gasteiger partial charge < -0.3 is 4.74 Å². The molecular weight excluding hydrogens is 437 g/mol. The van der Waals surface area contributed by atoms with Crippen LogP contribution < -0.4 is 4.90 Å². The second kappa shape index (κ2) is 7.46. The Hall–Kier alpha value is -2.16. The first-order valence-electron chi connectivity index (χ1n) is 7.93. The van der Waals surface area contributed by atoms with Crippen molar-refractivity contribution in [3.05, 3.63) is 63.6 Å². The van der Waals surface area contributed by atoms with E-state index in [1.165, 1.54) is 0 Å². The highest BCUT2D eigenvalue weighted by atomic mass is 79.9. The lowest BCUT2D eigenvalue weighted by molar-refractivity contribution is -0.150. The van der Waals surface area contributed by atoms with Crippen LogP contribution in [0, 0.1) is 11.6 Å². The molecular formula is C18H13BrF5NO2. The number of halogens is 6. The van der Waals surface area contributed by atoms with E-state index in [-0.39, 0.29) is 28.0 Å². The molecule has 0 fully saturated rings. The number of nitrogens with zero attached hydrogens (tertiary/aromatic N) is 1. The van der Waals surface area contributed by atoms with Crippen molar-refractivity contribution >= 4 is 27.7 Å². The Morgan fingerprint density at radius 1 is 1.22 bits per heavy atom. The number of carbonyl (C=O) groups excluding carboxylic acids is 1. The Morgan fingerprint density at radius 2 is 1.89 bits per heavy atom. The predicted octanol–water partition coefficient (Wildman–Crippen LogP) is 5.75. The first-order chi connectivity index (χ1) is 12.7. The van der Waals surface area contributed by atoms with Gasteiger partial charge in [-0.25, -0.2) is 13.6 Å². The standard InChI is InChI=1S/C18H13BrF5NO2/c19-12-8-13(20)16-11(15(12)21)6-7-14(18(22,23)24)25(16)17(26)27-9-10-4-2-1-3-5-10/h1-5,8,14H,6-7,9H2. The van der Waals surface area contributed by atoms with Gasteiger partial charge in [0.15, 0.2) is 0 Å². The minimum atomic E-state index is -4.82. The largest absolute Gasteiger partial charge is 0.444 e. The van der Waals surface area contributed by atoms with Crippen molar-refractivity contribution in [2.24, 2.45) is 0 Å². The molecule has 0 aromatic heterocycles. The maximum absolute atomic E-state index is 14.4. The van der Waals surface area contributed by atoms with Crippen molar-refractivity contribution in [1.82, 2.24) is 0 Å². The van der Waals surface area contributed by atoms with Crippen molar-refractivity contribution < 1.29 is 31.5 Å². The van der Waals surface area contributed by atoms with Crippen LogP contribution in [-0.4, -0.2) is 18.3 Å². The molecule has 0 saturated heterocycles. The Labute approximate surface area is 159 Å². The van der Waals surface area contributed by atoms with E-state index in [2.05, 4.69) is 15.9 Å². The summed E-state index contributed by atoms with van der Waals surface area (Å²) in [6.07, 6.45) is -7.16. The van der Waals surface area contributed by atoms with E-state index in [0.29, 0.717) is 11.6 Å². The zero-order valence-electron chi connectivity index (χ0n) is 13.7. The van der Waals surface area contributed by atoms with Crippen molar-refractivity contribution in [2.45, 2.75) is 31.7 Å². The second-order valence-corrected chi connectivity index (χ2v) is 6.84. The van der Waals surface area contributed by atoms with E-state index in [1.807, 2.05) is 0 Å². The molecule has 2 aromatic carbocycles. The third-order valence-corrected chi connectivity index (χ3v) is 4.82. The van der Waals surface area contributed by atoms with Crippen LogP contribution >= 0.6 is 15.9 Å². The quantitative estimate of drug-likeness (QED) is 0.431. The molecule has 1 aliphatic rings. The van der Waals surface area contributed by atoms with Crippen molar-refractivity contribution in [3.8, 4) is 0 Å². The van der Waals surface area contributed by atoms with E-state index < -0.39 is 42.1 Å². The first kappa shape index (κ1) is 19.6. The third-order valence-electron chi connectivity index (χ3n) is 4.24. The smallest absolute Gasteiger partial charge is 0.415 e. The Balaban J connectivity index is 1.98. The van der Waals surface area contributed by atoms with Crippen LogP contribution in [0.15, 0.2) is 40.9 Å². The fourth-order valence-corrected chi connectivity index (χ4v) is 3.45. The topological polar surface area (TPSA) is 29.5 Å². The average molecular weight is 450 g/mol. The number of rotatable bonds is 2. The second-order valence-electron chi connectivity index (χ2n) is 5.99. The lowest BCUT2D eigenvalue weighted by Crippen LogP contribution is -2.52. The molecule has 0 aliphatic carbocycles. The Kier molecular flexibility index (Phi) is 5.41. The lowest BCUT2D eigenvalue weighted by atomic mass is 9.95.